The molecule has 0 radical (unpaired) electrons. The van der Waals surface area contributed by atoms with Crippen molar-refractivity contribution in [2.75, 3.05) is 9.80 Å². The Morgan fingerprint density at radius 1 is 0.333 bits per heavy atom. The van der Waals surface area contributed by atoms with Crippen LogP contribution in [0.5, 0.6) is 0 Å². The van der Waals surface area contributed by atoms with Gasteiger partial charge in [0.15, 0.2) is 0 Å². The molecule has 292 valence electrons. The molecule has 0 atom stereocenters. The Bertz CT molecular complexity index is 3510. The summed E-state index contributed by atoms with van der Waals surface area (Å²) in [4.78, 5) is 4.46. The van der Waals surface area contributed by atoms with Crippen LogP contribution in [0.4, 0.5) is 34.1 Å². The molecule has 10 aromatic carbocycles. The smallest absolute Gasteiger partial charge is 0.101 e. The number of nitriles is 2. The molecule has 0 saturated carbocycles. The molecule has 0 saturated heterocycles. The maximum absolute atomic E-state index is 10.5. The Morgan fingerprint density at radius 3 is 1.49 bits per heavy atom. The highest BCUT2D eigenvalue weighted by molar-refractivity contribution is 6.13. The zero-order valence-corrected chi connectivity index (χ0v) is 34.1. The van der Waals surface area contributed by atoms with Gasteiger partial charge in [-0.2, -0.15) is 10.5 Å². The lowest BCUT2D eigenvalue weighted by Gasteiger charge is -2.33. The third-order valence-electron chi connectivity index (χ3n) is 13.1. The first-order valence-electron chi connectivity index (χ1n) is 21.2. The highest BCUT2D eigenvalue weighted by Gasteiger charge is 2.52. The molecule has 2 aliphatic carbocycles. The Kier molecular flexibility index (Phi) is 8.16. The first-order valence-corrected chi connectivity index (χ1v) is 21.2. The van der Waals surface area contributed by atoms with Crippen molar-refractivity contribution >= 4 is 55.7 Å². The van der Waals surface area contributed by atoms with Crippen LogP contribution in [-0.2, 0) is 5.41 Å². The normalized spacial score (nSPS) is 12.5. The molecular formula is C59H36N4. The molecule has 0 N–H and O–H groups in total. The molecule has 1 spiro atoms. The van der Waals surface area contributed by atoms with Gasteiger partial charge in [0.1, 0.15) is 12.1 Å². The second-order valence-electron chi connectivity index (χ2n) is 16.2. The minimum atomic E-state index is -0.662. The van der Waals surface area contributed by atoms with Gasteiger partial charge in [-0.05, 0) is 140 Å². The first kappa shape index (κ1) is 36.2. The average molecular weight is 801 g/mol. The standard InChI is InChI=1S/C59H36N4/c60-37-40-17-7-15-29-55(40)62(43-19-3-1-4-20-43)45-32-31-39-34-50-53(35-42(39)33-45)59(51-27-13-11-23-46(51)47-24-12-14-28-52(47)59)54-36-57(48-25-9-10-26-49(48)58(50)54)63(44-21-5-2-6-22-44)56-30-16-8-18-41(56)38-61/h1-36H. The molecule has 2 aliphatic rings. The first-order chi connectivity index (χ1) is 31.2. The molecule has 0 unspecified atom stereocenters. The predicted molar refractivity (Wildman–Crippen MR) is 257 cm³/mol. The maximum Gasteiger partial charge on any atom is 0.101 e. The van der Waals surface area contributed by atoms with Crippen molar-refractivity contribution in [3.63, 3.8) is 0 Å². The van der Waals surface area contributed by atoms with Crippen molar-refractivity contribution in [3.05, 3.63) is 252 Å². The lowest BCUT2D eigenvalue weighted by Crippen LogP contribution is -2.26. The minimum Gasteiger partial charge on any atom is -0.309 e. The van der Waals surface area contributed by atoms with E-state index in [1.165, 1.54) is 44.5 Å². The van der Waals surface area contributed by atoms with E-state index in [1.54, 1.807) is 0 Å². The fourth-order valence-corrected chi connectivity index (χ4v) is 10.5. The summed E-state index contributed by atoms with van der Waals surface area (Å²) in [7, 11) is 0. The van der Waals surface area contributed by atoms with E-state index in [0.29, 0.717) is 11.1 Å². The fourth-order valence-electron chi connectivity index (χ4n) is 10.5. The lowest BCUT2D eigenvalue weighted by molar-refractivity contribution is 0.795. The third-order valence-corrected chi connectivity index (χ3v) is 13.1. The third kappa shape index (κ3) is 5.26. The van der Waals surface area contributed by atoms with E-state index < -0.39 is 5.41 Å². The van der Waals surface area contributed by atoms with Crippen LogP contribution in [0.25, 0.3) is 43.8 Å². The number of benzene rings is 10. The van der Waals surface area contributed by atoms with Crippen molar-refractivity contribution in [2.24, 2.45) is 0 Å². The molecule has 0 aromatic heterocycles. The molecule has 4 heteroatoms. The van der Waals surface area contributed by atoms with E-state index in [2.05, 4.69) is 174 Å². The van der Waals surface area contributed by atoms with E-state index >= 15 is 0 Å². The van der Waals surface area contributed by atoms with Gasteiger partial charge in [-0.3, -0.25) is 0 Å². The fraction of sp³-hybridized carbons (Fsp3) is 0.0169. The van der Waals surface area contributed by atoms with Gasteiger partial charge in [-0.1, -0.05) is 140 Å². The molecular weight excluding hydrogens is 765 g/mol. The molecule has 0 heterocycles. The van der Waals surface area contributed by atoms with Crippen molar-refractivity contribution in [3.8, 4) is 34.4 Å². The second kappa shape index (κ2) is 14.2. The average Bonchev–Trinajstić information content (AvgIpc) is 3.81. The summed E-state index contributed by atoms with van der Waals surface area (Å²) in [6, 6.07) is 81.9. The topological polar surface area (TPSA) is 54.1 Å². The molecule has 12 rings (SSSR count). The summed E-state index contributed by atoms with van der Waals surface area (Å²) in [6.07, 6.45) is 0. The van der Waals surface area contributed by atoms with Crippen molar-refractivity contribution in [2.45, 2.75) is 5.41 Å². The van der Waals surface area contributed by atoms with Crippen LogP contribution in [0.3, 0.4) is 0 Å². The zero-order valence-electron chi connectivity index (χ0n) is 34.1. The Morgan fingerprint density at radius 2 is 0.857 bits per heavy atom. The summed E-state index contributed by atoms with van der Waals surface area (Å²) in [5.74, 6) is 0. The number of hydrogen-bond acceptors (Lipinski definition) is 4. The summed E-state index contributed by atoms with van der Waals surface area (Å²) in [6.45, 7) is 0. The Labute approximate surface area is 366 Å². The molecule has 0 bridgehead atoms. The van der Waals surface area contributed by atoms with Gasteiger partial charge in [-0.15, -0.1) is 0 Å². The van der Waals surface area contributed by atoms with Crippen LogP contribution in [0, 0.1) is 22.7 Å². The van der Waals surface area contributed by atoms with Crippen molar-refractivity contribution < 1.29 is 0 Å². The Hall–Kier alpha value is -8.70. The lowest BCUT2D eigenvalue weighted by atomic mass is 9.70. The van der Waals surface area contributed by atoms with E-state index in [4.69, 9.17) is 0 Å². The van der Waals surface area contributed by atoms with Crippen molar-refractivity contribution in [1.29, 1.82) is 10.5 Å². The number of nitrogens with zero attached hydrogens (tertiary/aromatic N) is 4. The summed E-state index contributed by atoms with van der Waals surface area (Å²) < 4.78 is 0. The van der Waals surface area contributed by atoms with Gasteiger partial charge < -0.3 is 9.80 Å². The summed E-state index contributed by atoms with van der Waals surface area (Å²) >= 11 is 0. The van der Waals surface area contributed by atoms with Crippen LogP contribution in [0.1, 0.15) is 33.4 Å². The second-order valence-corrected chi connectivity index (χ2v) is 16.2. The zero-order chi connectivity index (χ0) is 42.1. The van der Waals surface area contributed by atoms with Gasteiger partial charge >= 0.3 is 0 Å². The van der Waals surface area contributed by atoms with Gasteiger partial charge in [0.05, 0.1) is 33.6 Å². The summed E-state index contributed by atoms with van der Waals surface area (Å²) in [5, 5.41) is 25.3. The van der Waals surface area contributed by atoms with Gasteiger partial charge in [0.2, 0.25) is 0 Å². The van der Waals surface area contributed by atoms with Crippen molar-refractivity contribution in [1.82, 2.24) is 0 Å². The minimum absolute atomic E-state index is 0.601. The predicted octanol–water partition coefficient (Wildman–Crippen LogP) is 15.0. The van der Waals surface area contributed by atoms with Gasteiger partial charge in [-0.25, -0.2) is 0 Å². The molecule has 10 aromatic rings. The number of rotatable bonds is 6. The van der Waals surface area contributed by atoms with Crippen LogP contribution in [0.15, 0.2) is 218 Å². The number of hydrogen-bond donors (Lipinski definition) is 0. The Balaban J connectivity index is 1.19. The van der Waals surface area contributed by atoms with E-state index in [0.717, 1.165) is 55.7 Å². The molecule has 0 amide bonds. The highest BCUT2D eigenvalue weighted by Crippen LogP contribution is 2.65. The van der Waals surface area contributed by atoms with Crippen LogP contribution in [-0.4, -0.2) is 0 Å². The van der Waals surface area contributed by atoms with Crippen LogP contribution < -0.4 is 9.80 Å². The van der Waals surface area contributed by atoms with Gasteiger partial charge in [0.25, 0.3) is 0 Å². The van der Waals surface area contributed by atoms with Crippen LogP contribution in [0.2, 0.25) is 0 Å². The monoisotopic (exact) mass is 800 g/mol. The number of fused-ring (bicyclic) bond motifs is 13. The quantitative estimate of drug-likeness (QED) is 0.168. The van der Waals surface area contributed by atoms with Gasteiger partial charge in [0, 0.05) is 22.4 Å². The van der Waals surface area contributed by atoms with E-state index in [9.17, 15) is 10.5 Å². The largest absolute Gasteiger partial charge is 0.309 e. The maximum atomic E-state index is 10.5. The molecule has 0 aliphatic heterocycles. The molecule has 4 nitrogen and oxygen atoms in total. The highest BCUT2D eigenvalue weighted by atomic mass is 15.2. The molecule has 63 heavy (non-hydrogen) atoms. The SMILES string of the molecule is N#Cc1ccccc1N(c1ccccc1)c1ccc2cc3c(cc2c1)C1(c2ccccc2-c2ccccc21)c1cc(N(c2ccccc2)c2ccccc2C#N)c2ccccc2c1-3. The molecule has 0 fully saturated rings. The summed E-state index contributed by atoms with van der Waals surface area (Å²) in [5.41, 5.74) is 16.0. The van der Waals surface area contributed by atoms with Crippen LogP contribution >= 0.6 is 0 Å². The van der Waals surface area contributed by atoms with E-state index in [-0.39, 0.29) is 0 Å². The number of anilines is 6. The number of para-hydroxylation sites is 4. The van der Waals surface area contributed by atoms with E-state index in [1.807, 2.05) is 66.7 Å².